The van der Waals surface area contributed by atoms with E-state index >= 15 is 0 Å². The number of benzene rings is 3. The van der Waals surface area contributed by atoms with Gasteiger partial charge in [0.1, 0.15) is 5.58 Å². The van der Waals surface area contributed by atoms with Crippen molar-refractivity contribution in [2.24, 2.45) is 0 Å². The van der Waals surface area contributed by atoms with Crippen LogP contribution in [0.4, 0.5) is 0 Å². The van der Waals surface area contributed by atoms with Crippen LogP contribution in [-0.4, -0.2) is 28.2 Å². The van der Waals surface area contributed by atoms with Crippen molar-refractivity contribution in [1.29, 1.82) is 0 Å². The summed E-state index contributed by atoms with van der Waals surface area (Å²) in [5, 5.41) is 11.7. The van der Waals surface area contributed by atoms with Crippen LogP contribution in [0.15, 0.2) is 101 Å². The molecule has 0 fully saturated rings. The fourth-order valence-corrected chi connectivity index (χ4v) is 4.52. The third kappa shape index (κ3) is 3.90. The Hall–Kier alpha value is -4.12. The fourth-order valence-electron chi connectivity index (χ4n) is 4.52. The summed E-state index contributed by atoms with van der Waals surface area (Å²) in [5.41, 5.74) is 3.65. The molecule has 1 amide bonds. The largest absolute Gasteiger partial charge is 0.503 e. The molecule has 3 aromatic carbocycles. The van der Waals surface area contributed by atoms with Crippen LogP contribution in [0.3, 0.4) is 0 Å². The Morgan fingerprint density at radius 3 is 2.35 bits per heavy atom. The quantitative estimate of drug-likeness (QED) is 0.360. The lowest BCUT2D eigenvalue weighted by Gasteiger charge is -2.27. The van der Waals surface area contributed by atoms with Gasteiger partial charge in [-0.05, 0) is 41.7 Å². The Bertz CT molecular complexity index is 1350. The van der Waals surface area contributed by atoms with Gasteiger partial charge >= 0.3 is 0 Å². The maximum Gasteiger partial charge on any atom is 0.290 e. The molecule has 5 heteroatoms. The predicted octanol–water partition coefficient (Wildman–Crippen LogP) is 5.82. The first-order chi connectivity index (χ1) is 16.6. The van der Waals surface area contributed by atoms with E-state index in [1.54, 1.807) is 17.0 Å². The topological polar surface area (TPSA) is 70.7 Å². The van der Waals surface area contributed by atoms with Gasteiger partial charge in [-0.3, -0.25) is 9.59 Å². The molecule has 5 nitrogen and oxygen atoms in total. The van der Waals surface area contributed by atoms with Crippen molar-refractivity contribution in [2.45, 2.75) is 25.8 Å². The zero-order valence-electron chi connectivity index (χ0n) is 18.9. The molecule has 0 spiro atoms. The number of rotatable bonds is 7. The highest BCUT2D eigenvalue weighted by Crippen LogP contribution is 2.39. The number of para-hydroxylation sites is 1. The number of amides is 1. The van der Waals surface area contributed by atoms with Gasteiger partial charge in [-0.2, -0.15) is 0 Å². The van der Waals surface area contributed by atoms with E-state index in [0.717, 1.165) is 28.5 Å². The fraction of sp³-hybridized carbons (Fsp3) is 0.172. The maximum absolute atomic E-state index is 13.6. The molecule has 0 bridgehead atoms. The van der Waals surface area contributed by atoms with Crippen molar-refractivity contribution in [2.75, 3.05) is 6.54 Å². The SMILES string of the molecule is CCc1ccc(C2C(C(=O)c3cc4ccccc4o3)=C(O)C(=O)N2CCc2ccccc2)cc1. The van der Waals surface area contributed by atoms with Gasteiger partial charge in [0.15, 0.2) is 11.5 Å². The van der Waals surface area contributed by atoms with Crippen molar-refractivity contribution >= 4 is 22.7 Å². The first kappa shape index (κ1) is 21.7. The van der Waals surface area contributed by atoms with Gasteiger partial charge in [0.25, 0.3) is 5.91 Å². The van der Waals surface area contributed by atoms with Gasteiger partial charge < -0.3 is 14.4 Å². The minimum absolute atomic E-state index is 0.0568. The zero-order chi connectivity index (χ0) is 23.7. The number of aliphatic hydroxyl groups excluding tert-OH is 1. The Balaban J connectivity index is 1.54. The van der Waals surface area contributed by atoms with E-state index in [4.69, 9.17) is 4.42 Å². The van der Waals surface area contributed by atoms with Gasteiger partial charge in [0.05, 0.1) is 11.6 Å². The molecule has 34 heavy (non-hydrogen) atoms. The number of aryl methyl sites for hydroxylation is 1. The van der Waals surface area contributed by atoms with Crippen molar-refractivity contribution in [3.8, 4) is 0 Å². The van der Waals surface area contributed by atoms with Gasteiger partial charge in [0, 0.05) is 11.9 Å². The number of Topliss-reactive ketones (excluding diaryl/α,β-unsaturated/α-hetero) is 1. The summed E-state index contributed by atoms with van der Waals surface area (Å²) in [4.78, 5) is 28.4. The Morgan fingerprint density at radius 2 is 1.65 bits per heavy atom. The Kier molecular flexibility index (Phi) is 5.76. The van der Waals surface area contributed by atoms with Crippen LogP contribution in [0.5, 0.6) is 0 Å². The van der Waals surface area contributed by atoms with E-state index in [2.05, 4.69) is 6.92 Å². The second kappa shape index (κ2) is 9.02. The number of nitrogens with zero attached hydrogens (tertiary/aromatic N) is 1. The second-order valence-corrected chi connectivity index (χ2v) is 8.47. The summed E-state index contributed by atoms with van der Waals surface area (Å²) in [6.45, 7) is 2.44. The molecule has 1 aliphatic heterocycles. The Morgan fingerprint density at radius 1 is 0.941 bits per heavy atom. The summed E-state index contributed by atoms with van der Waals surface area (Å²) in [7, 11) is 0. The molecular formula is C29H25NO4. The van der Waals surface area contributed by atoms with Crippen LogP contribution in [0.2, 0.25) is 0 Å². The summed E-state index contributed by atoms with van der Waals surface area (Å²) >= 11 is 0. The molecule has 0 saturated carbocycles. The molecule has 2 heterocycles. The van der Waals surface area contributed by atoms with E-state index in [1.165, 1.54) is 0 Å². The highest BCUT2D eigenvalue weighted by Gasteiger charge is 2.44. The smallest absolute Gasteiger partial charge is 0.290 e. The summed E-state index contributed by atoms with van der Waals surface area (Å²) < 4.78 is 5.79. The highest BCUT2D eigenvalue weighted by molar-refractivity contribution is 6.16. The molecular weight excluding hydrogens is 426 g/mol. The monoisotopic (exact) mass is 451 g/mol. The summed E-state index contributed by atoms with van der Waals surface area (Å²) in [6.07, 6.45) is 1.49. The van der Waals surface area contributed by atoms with Gasteiger partial charge in [-0.25, -0.2) is 0 Å². The number of aliphatic hydroxyl groups is 1. The number of hydrogen-bond acceptors (Lipinski definition) is 4. The third-order valence-corrected chi connectivity index (χ3v) is 6.39. The number of ketones is 1. The lowest BCUT2D eigenvalue weighted by molar-refractivity contribution is -0.129. The second-order valence-electron chi connectivity index (χ2n) is 8.47. The van der Waals surface area contributed by atoms with Gasteiger partial charge in [-0.1, -0.05) is 79.7 Å². The maximum atomic E-state index is 13.6. The number of hydrogen-bond donors (Lipinski definition) is 1. The highest BCUT2D eigenvalue weighted by atomic mass is 16.3. The molecule has 1 N–H and O–H groups in total. The van der Waals surface area contributed by atoms with Crippen molar-refractivity contribution in [3.63, 3.8) is 0 Å². The normalized spacial score (nSPS) is 16.0. The lowest BCUT2D eigenvalue weighted by Crippen LogP contribution is -2.33. The first-order valence-electron chi connectivity index (χ1n) is 11.5. The van der Waals surface area contributed by atoms with Crippen LogP contribution in [0.25, 0.3) is 11.0 Å². The van der Waals surface area contributed by atoms with Crippen LogP contribution < -0.4 is 0 Å². The molecule has 5 rings (SSSR count). The van der Waals surface area contributed by atoms with E-state index in [-0.39, 0.29) is 11.3 Å². The van der Waals surface area contributed by atoms with Crippen LogP contribution >= 0.6 is 0 Å². The molecule has 170 valence electrons. The number of carbonyl (C=O) groups excluding carboxylic acids is 2. The minimum Gasteiger partial charge on any atom is -0.503 e. The molecule has 1 aliphatic rings. The van der Waals surface area contributed by atoms with Crippen molar-refractivity contribution in [3.05, 3.63) is 119 Å². The van der Waals surface area contributed by atoms with Crippen molar-refractivity contribution in [1.82, 2.24) is 4.90 Å². The summed E-state index contributed by atoms with van der Waals surface area (Å²) in [5.74, 6) is -1.42. The van der Waals surface area contributed by atoms with E-state index < -0.39 is 23.5 Å². The molecule has 1 aromatic heterocycles. The van der Waals surface area contributed by atoms with Gasteiger partial charge in [0.2, 0.25) is 5.78 Å². The third-order valence-electron chi connectivity index (χ3n) is 6.39. The van der Waals surface area contributed by atoms with E-state index in [9.17, 15) is 14.7 Å². The molecule has 0 saturated heterocycles. The molecule has 1 atom stereocenters. The molecule has 1 unspecified atom stereocenters. The predicted molar refractivity (Wildman–Crippen MR) is 131 cm³/mol. The molecule has 0 radical (unpaired) electrons. The standard InChI is InChI=1S/C29H25NO4/c1-2-19-12-14-21(15-13-19)26-25(27(31)24-18-22-10-6-7-11-23(22)34-24)28(32)29(33)30(26)17-16-20-8-4-3-5-9-20/h3-15,18,26,32H,2,16-17H2,1H3. The summed E-state index contributed by atoms with van der Waals surface area (Å²) in [6, 6.07) is 26.0. The van der Waals surface area contributed by atoms with E-state index in [1.807, 2.05) is 72.8 Å². The number of fused-ring (bicyclic) bond motifs is 1. The van der Waals surface area contributed by atoms with Crippen molar-refractivity contribution < 1.29 is 19.1 Å². The average molecular weight is 452 g/mol. The first-order valence-corrected chi connectivity index (χ1v) is 11.5. The van der Waals surface area contributed by atoms with Crippen LogP contribution in [0, 0.1) is 0 Å². The average Bonchev–Trinajstić information content (AvgIpc) is 3.42. The number of carbonyl (C=O) groups is 2. The van der Waals surface area contributed by atoms with Gasteiger partial charge in [-0.15, -0.1) is 0 Å². The molecule has 0 aliphatic carbocycles. The zero-order valence-corrected chi connectivity index (χ0v) is 18.9. The van der Waals surface area contributed by atoms with Crippen LogP contribution in [0.1, 0.15) is 40.2 Å². The van der Waals surface area contributed by atoms with Crippen LogP contribution in [-0.2, 0) is 17.6 Å². The molecule has 4 aromatic rings. The minimum atomic E-state index is -0.692. The Labute approximate surface area is 197 Å². The number of furan rings is 1. The lowest BCUT2D eigenvalue weighted by atomic mass is 9.94. The van der Waals surface area contributed by atoms with E-state index in [0.29, 0.717) is 18.5 Å².